The zero-order valence-corrected chi connectivity index (χ0v) is 21.6. The van der Waals surface area contributed by atoms with E-state index in [0.29, 0.717) is 22.4 Å². The summed E-state index contributed by atoms with van der Waals surface area (Å²) < 4.78 is 43.2. The molecule has 1 spiro atoms. The molecule has 8 nitrogen and oxygen atoms in total. The van der Waals surface area contributed by atoms with Crippen LogP contribution in [0.5, 0.6) is 0 Å². The first kappa shape index (κ1) is 26.1. The molecule has 38 heavy (non-hydrogen) atoms. The maximum atomic E-state index is 15.1. The number of carbonyl (C=O) groups excluding carboxylic acids is 1. The average Bonchev–Trinajstić information content (AvgIpc) is 3.18. The standard InChI is InChI=1S/C27H31F3N6O2/c1-16(19-5-4-6-21(22(19)28)27(29,30)15-37)32-24-20-13-18(14-31-23(20)17(2)33-34-24)36-11-8-26(9-12-36)7-10-35(3)25(26)38/h4-6,13-14,16,37H,7-12,15H2,1-3H3,(H,32,34)/t16-/m1/s1. The molecule has 0 saturated carbocycles. The largest absolute Gasteiger partial charge is 0.390 e. The van der Waals surface area contributed by atoms with Gasteiger partial charge in [-0.3, -0.25) is 9.78 Å². The zero-order chi connectivity index (χ0) is 27.2. The molecule has 1 amide bonds. The van der Waals surface area contributed by atoms with E-state index >= 15 is 4.39 Å². The Morgan fingerprint density at radius 2 is 1.89 bits per heavy atom. The molecule has 1 atom stereocenters. The lowest BCUT2D eigenvalue weighted by atomic mass is 9.77. The number of fused-ring (bicyclic) bond motifs is 1. The van der Waals surface area contributed by atoms with E-state index in [1.54, 1.807) is 20.0 Å². The summed E-state index contributed by atoms with van der Waals surface area (Å²) in [4.78, 5) is 21.4. The molecule has 0 aliphatic carbocycles. The topological polar surface area (TPSA) is 94.5 Å². The molecule has 5 rings (SSSR count). The highest BCUT2D eigenvalue weighted by molar-refractivity contribution is 5.92. The average molecular weight is 529 g/mol. The number of rotatable bonds is 6. The molecule has 0 unspecified atom stereocenters. The third-order valence-electron chi connectivity index (χ3n) is 8.02. The summed E-state index contributed by atoms with van der Waals surface area (Å²) >= 11 is 0. The van der Waals surface area contributed by atoms with Crippen LogP contribution in [0.4, 0.5) is 24.7 Å². The van der Waals surface area contributed by atoms with Crippen molar-refractivity contribution in [2.24, 2.45) is 5.41 Å². The molecule has 0 bridgehead atoms. The van der Waals surface area contributed by atoms with Gasteiger partial charge in [-0.25, -0.2) is 4.39 Å². The number of amides is 1. The smallest absolute Gasteiger partial charge is 0.298 e. The van der Waals surface area contributed by atoms with Crippen LogP contribution < -0.4 is 10.2 Å². The zero-order valence-electron chi connectivity index (χ0n) is 21.6. The Labute approximate surface area is 218 Å². The van der Waals surface area contributed by atoms with Crippen LogP contribution in [0, 0.1) is 18.2 Å². The number of pyridine rings is 1. The van der Waals surface area contributed by atoms with Crippen molar-refractivity contribution in [3.63, 3.8) is 0 Å². The summed E-state index contributed by atoms with van der Waals surface area (Å²) in [5, 5.41) is 21.3. The minimum Gasteiger partial charge on any atom is -0.390 e. The number of aliphatic hydroxyl groups excluding tert-OH is 1. The van der Waals surface area contributed by atoms with E-state index in [4.69, 9.17) is 5.11 Å². The van der Waals surface area contributed by atoms with Crippen molar-refractivity contribution >= 4 is 28.3 Å². The van der Waals surface area contributed by atoms with Gasteiger partial charge in [-0.1, -0.05) is 12.1 Å². The van der Waals surface area contributed by atoms with Crippen LogP contribution in [0.2, 0.25) is 0 Å². The van der Waals surface area contributed by atoms with Gasteiger partial charge in [0.2, 0.25) is 5.91 Å². The second-order valence-electron chi connectivity index (χ2n) is 10.4. The molecule has 4 heterocycles. The highest BCUT2D eigenvalue weighted by Gasteiger charge is 2.47. The van der Waals surface area contributed by atoms with Gasteiger partial charge in [-0.05, 0) is 45.2 Å². The first-order valence-corrected chi connectivity index (χ1v) is 12.7. The Morgan fingerprint density at radius 1 is 1.18 bits per heavy atom. The number of aryl methyl sites for hydroxylation is 1. The number of aliphatic hydroxyl groups is 1. The van der Waals surface area contributed by atoms with Crippen molar-refractivity contribution in [3.05, 3.63) is 53.1 Å². The molecule has 2 aliphatic rings. The molecule has 2 aliphatic heterocycles. The summed E-state index contributed by atoms with van der Waals surface area (Å²) in [6.45, 7) is 4.19. The Kier molecular flexibility index (Phi) is 6.66. The molecule has 1 aromatic carbocycles. The number of carbonyl (C=O) groups is 1. The third-order valence-corrected chi connectivity index (χ3v) is 8.02. The fourth-order valence-corrected chi connectivity index (χ4v) is 5.61. The second kappa shape index (κ2) is 9.68. The quantitative estimate of drug-likeness (QED) is 0.496. The number of aromatic nitrogens is 3. The van der Waals surface area contributed by atoms with Crippen LogP contribution in [0.3, 0.4) is 0 Å². The van der Waals surface area contributed by atoms with E-state index in [9.17, 15) is 13.6 Å². The summed E-state index contributed by atoms with van der Waals surface area (Å²) in [6, 6.07) is 4.95. The normalized spacial score (nSPS) is 18.4. The van der Waals surface area contributed by atoms with Crippen molar-refractivity contribution in [3.8, 4) is 0 Å². The lowest BCUT2D eigenvalue weighted by molar-refractivity contribution is -0.135. The van der Waals surface area contributed by atoms with Gasteiger partial charge < -0.3 is 20.2 Å². The molecule has 2 N–H and O–H groups in total. The van der Waals surface area contributed by atoms with Gasteiger partial charge in [0.1, 0.15) is 12.4 Å². The maximum absolute atomic E-state index is 15.1. The van der Waals surface area contributed by atoms with Crippen LogP contribution >= 0.6 is 0 Å². The lowest BCUT2D eigenvalue weighted by Gasteiger charge is -2.38. The van der Waals surface area contributed by atoms with Crippen LogP contribution in [0.1, 0.15) is 49.0 Å². The first-order valence-electron chi connectivity index (χ1n) is 12.7. The molecule has 2 aromatic heterocycles. The maximum Gasteiger partial charge on any atom is 0.298 e. The summed E-state index contributed by atoms with van der Waals surface area (Å²) in [5.41, 5.74) is 1.02. The molecule has 0 radical (unpaired) electrons. The van der Waals surface area contributed by atoms with Crippen molar-refractivity contribution < 1.29 is 23.1 Å². The van der Waals surface area contributed by atoms with Crippen LogP contribution in [-0.2, 0) is 10.7 Å². The molecule has 2 saturated heterocycles. The molecular weight excluding hydrogens is 497 g/mol. The summed E-state index contributed by atoms with van der Waals surface area (Å²) in [5.74, 6) is -4.19. The number of hydrogen-bond acceptors (Lipinski definition) is 7. The summed E-state index contributed by atoms with van der Waals surface area (Å²) in [6.07, 6.45) is 4.22. The first-order chi connectivity index (χ1) is 18.1. The van der Waals surface area contributed by atoms with Crippen molar-refractivity contribution in [2.75, 3.05) is 43.5 Å². The number of hydrogen-bond donors (Lipinski definition) is 2. The Morgan fingerprint density at radius 3 is 2.55 bits per heavy atom. The van der Waals surface area contributed by atoms with Gasteiger partial charge in [0.15, 0.2) is 5.82 Å². The molecular formula is C27H31F3N6O2. The highest BCUT2D eigenvalue weighted by Crippen LogP contribution is 2.42. The van der Waals surface area contributed by atoms with E-state index in [0.717, 1.165) is 50.7 Å². The number of piperidine rings is 1. The number of nitrogens with zero attached hydrogens (tertiary/aromatic N) is 5. The molecule has 3 aromatic rings. The van der Waals surface area contributed by atoms with Gasteiger partial charge >= 0.3 is 0 Å². The van der Waals surface area contributed by atoms with Crippen molar-refractivity contribution in [1.29, 1.82) is 0 Å². The van der Waals surface area contributed by atoms with E-state index in [1.807, 2.05) is 18.0 Å². The predicted molar refractivity (Wildman–Crippen MR) is 138 cm³/mol. The SMILES string of the molecule is Cc1nnc(N[C@H](C)c2cccc(C(F)(F)CO)c2F)c2cc(N3CCC4(CCN(C)C4=O)CC3)cnc12. The molecule has 202 valence electrons. The molecule has 11 heteroatoms. The minimum absolute atomic E-state index is 0.0165. The number of alkyl halides is 2. The van der Waals surface area contributed by atoms with E-state index in [-0.39, 0.29) is 16.9 Å². The van der Waals surface area contributed by atoms with Gasteiger partial charge in [-0.2, -0.15) is 13.9 Å². The van der Waals surface area contributed by atoms with Gasteiger partial charge in [0.25, 0.3) is 5.92 Å². The fourth-order valence-electron chi connectivity index (χ4n) is 5.61. The number of likely N-dealkylation sites (tertiary alicyclic amines) is 1. The Bertz CT molecular complexity index is 1380. The predicted octanol–water partition coefficient (Wildman–Crippen LogP) is 4.18. The van der Waals surface area contributed by atoms with E-state index in [2.05, 4.69) is 25.4 Å². The van der Waals surface area contributed by atoms with Gasteiger partial charge in [0, 0.05) is 37.6 Å². The third kappa shape index (κ3) is 4.42. The lowest BCUT2D eigenvalue weighted by Crippen LogP contribution is -2.44. The van der Waals surface area contributed by atoms with Crippen molar-refractivity contribution in [1.82, 2.24) is 20.1 Å². The monoisotopic (exact) mass is 528 g/mol. The second-order valence-corrected chi connectivity index (χ2v) is 10.4. The van der Waals surface area contributed by atoms with Crippen LogP contribution in [-0.4, -0.2) is 64.4 Å². The van der Waals surface area contributed by atoms with Crippen molar-refractivity contribution in [2.45, 2.75) is 45.1 Å². The number of benzene rings is 1. The molecule has 2 fully saturated rings. The van der Waals surface area contributed by atoms with Crippen LogP contribution in [0.15, 0.2) is 30.5 Å². The van der Waals surface area contributed by atoms with E-state index in [1.165, 1.54) is 12.1 Å². The number of nitrogens with one attached hydrogen (secondary N) is 1. The van der Waals surface area contributed by atoms with Gasteiger partial charge in [-0.15, -0.1) is 5.10 Å². The highest BCUT2D eigenvalue weighted by atomic mass is 19.3. The van der Waals surface area contributed by atoms with Gasteiger partial charge in [0.05, 0.1) is 40.1 Å². The Hall–Kier alpha value is -3.47. The van der Waals surface area contributed by atoms with E-state index < -0.39 is 30.0 Å². The fraction of sp³-hybridized carbons (Fsp3) is 0.481. The van der Waals surface area contributed by atoms with Crippen LogP contribution in [0.25, 0.3) is 10.9 Å². The number of anilines is 2. The number of halogens is 3. The summed E-state index contributed by atoms with van der Waals surface area (Å²) in [7, 11) is 1.86. The Balaban J connectivity index is 1.42. The minimum atomic E-state index is -3.69.